The van der Waals surface area contributed by atoms with Crippen LogP contribution in [0.25, 0.3) is 0 Å². The number of para-hydroxylation sites is 1. The van der Waals surface area contributed by atoms with Gasteiger partial charge in [0.15, 0.2) is 11.5 Å². The average Bonchev–Trinajstić information content (AvgIpc) is 2.93. The molecule has 2 rings (SSSR count). The molecule has 0 radical (unpaired) electrons. The zero-order chi connectivity index (χ0) is 14.7. The normalized spacial score (nSPS) is 12.1. The summed E-state index contributed by atoms with van der Waals surface area (Å²) in [5.74, 6) is -0.953. The number of carbonyl (C=O) groups excluding carboxylic acids is 1. The number of rotatable bonds is 4. The van der Waals surface area contributed by atoms with Crippen LogP contribution in [0, 0.1) is 0 Å². The van der Waals surface area contributed by atoms with Gasteiger partial charge >= 0.3 is 0 Å². The van der Waals surface area contributed by atoms with Crippen molar-refractivity contribution in [3.05, 3.63) is 46.2 Å². The van der Waals surface area contributed by atoms with Crippen molar-refractivity contribution in [2.75, 3.05) is 7.05 Å². The molecule has 1 aromatic carbocycles. The lowest BCUT2D eigenvalue weighted by atomic mass is 10.1. The number of likely N-dealkylation sites (N-methyl/N-ethyl adjacent to an activating group) is 1. The van der Waals surface area contributed by atoms with Gasteiger partial charge in [-0.1, -0.05) is 12.1 Å². The van der Waals surface area contributed by atoms with Crippen LogP contribution in [0.4, 0.5) is 0 Å². The highest BCUT2D eigenvalue weighted by atomic mass is 32.1. The van der Waals surface area contributed by atoms with Crippen LogP contribution in [-0.2, 0) is 6.42 Å². The van der Waals surface area contributed by atoms with Crippen molar-refractivity contribution >= 4 is 17.2 Å². The van der Waals surface area contributed by atoms with Gasteiger partial charge in [-0.15, -0.1) is 11.3 Å². The molecule has 0 spiro atoms. The third kappa shape index (κ3) is 2.93. The number of phenolic OH excluding ortho intramolecular Hbond substituents is 2. The third-order valence-corrected chi connectivity index (χ3v) is 4.20. The van der Waals surface area contributed by atoms with E-state index in [1.54, 1.807) is 29.4 Å². The van der Waals surface area contributed by atoms with Gasteiger partial charge in [-0.25, -0.2) is 0 Å². The zero-order valence-corrected chi connectivity index (χ0v) is 12.2. The molecule has 2 N–H and O–H groups in total. The van der Waals surface area contributed by atoms with Gasteiger partial charge in [0, 0.05) is 24.4 Å². The Bertz CT molecular complexity index is 595. The first-order chi connectivity index (χ1) is 9.50. The highest BCUT2D eigenvalue weighted by molar-refractivity contribution is 7.09. The molecule has 0 fully saturated rings. The molecule has 0 saturated heterocycles. The Morgan fingerprint density at radius 1 is 1.30 bits per heavy atom. The molecule has 2 aromatic rings. The van der Waals surface area contributed by atoms with Crippen molar-refractivity contribution in [2.24, 2.45) is 0 Å². The minimum absolute atomic E-state index is 0.00268. The van der Waals surface area contributed by atoms with E-state index in [0.717, 1.165) is 6.42 Å². The standard InChI is InChI=1S/C15H17NO3S/c1-10(9-11-5-4-8-20-11)16(2)15(19)12-6-3-7-13(17)14(12)18/h3-8,10,17-18H,9H2,1-2H3. The van der Waals surface area contributed by atoms with Crippen LogP contribution in [-0.4, -0.2) is 34.1 Å². The van der Waals surface area contributed by atoms with Crippen LogP contribution in [0.2, 0.25) is 0 Å². The quantitative estimate of drug-likeness (QED) is 0.852. The number of aromatic hydroxyl groups is 2. The Morgan fingerprint density at radius 2 is 2.05 bits per heavy atom. The lowest BCUT2D eigenvalue weighted by molar-refractivity contribution is 0.0740. The highest BCUT2D eigenvalue weighted by Gasteiger charge is 2.21. The number of benzene rings is 1. The third-order valence-electron chi connectivity index (χ3n) is 3.30. The summed E-state index contributed by atoms with van der Waals surface area (Å²) in [5, 5.41) is 21.2. The Kier molecular flexibility index (Phi) is 4.29. The van der Waals surface area contributed by atoms with Gasteiger partial charge in [-0.3, -0.25) is 4.79 Å². The molecule has 1 aromatic heterocycles. The van der Waals surface area contributed by atoms with Gasteiger partial charge in [-0.05, 0) is 30.5 Å². The number of nitrogens with zero attached hydrogens (tertiary/aromatic N) is 1. The number of phenols is 2. The smallest absolute Gasteiger partial charge is 0.257 e. The van der Waals surface area contributed by atoms with Gasteiger partial charge < -0.3 is 15.1 Å². The fourth-order valence-electron chi connectivity index (χ4n) is 1.95. The molecule has 4 nitrogen and oxygen atoms in total. The molecule has 1 heterocycles. The number of hydrogen-bond acceptors (Lipinski definition) is 4. The highest BCUT2D eigenvalue weighted by Crippen LogP contribution is 2.29. The van der Waals surface area contributed by atoms with E-state index >= 15 is 0 Å². The topological polar surface area (TPSA) is 60.8 Å². The van der Waals surface area contributed by atoms with E-state index in [0.29, 0.717) is 0 Å². The van der Waals surface area contributed by atoms with Gasteiger partial charge in [0.25, 0.3) is 5.91 Å². The molecular weight excluding hydrogens is 274 g/mol. The lowest BCUT2D eigenvalue weighted by Crippen LogP contribution is -2.36. The zero-order valence-electron chi connectivity index (χ0n) is 11.4. The molecule has 0 bridgehead atoms. The first kappa shape index (κ1) is 14.4. The van der Waals surface area contributed by atoms with Crippen LogP contribution >= 0.6 is 11.3 Å². The maximum absolute atomic E-state index is 12.3. The summed E-state index contributed by atoms with van der Waals surface area (Å²) in [6.45, 7) is 1.96. The van der Waals surface area contributed by atoms with Crippen LogP contribution in [0.5, 0.6) is 11.5 Å². The SMILES string of the molecule is CC(Cc1cccs1)N(C)C(=O)c1cccc(O)c1O. The molecule has 1 atom stereocenters. The van der Waals surface area contributed by atoms with Gasteiger partial charge in [0.05, 0.1) is 5.56 Å². The van der Waals surface area contributed by atoms with E-state index in [2.05, 4.69) is 0 Å². The summed E-state index contributed by atoms with van der Waals surface area (Å²) in [4.78, 5) is 15.1. The summed E-state index contributed by atoms with van der Waals surface area (Å²) in [5.41, 5.74) is 0.116. The van der Waals surface area contributed by atoms with Crippen LogP contribution in [0.15, 0.2) is 35.7 Å². The van der Waals surface area contributed by atoms with Crippen molar-refractivity contribution < 1.29 is 15.0 Å². The first-order valence-corrected chi connectivity index (χ1v) is 7.19. The van der Waals surface area contributed by atoms with Gasteiger partial charge in [0.1, 0.15) is 0 Å². The van der Waals surface area contributed by atoms with E-state index in [-0.39, 0.29) is 29.0 Å². The van der Waals surface area contributed by atoms with E-state index in [4.69, 9.17) is 0 Å². The van der Waals surface area contributed by atoms with Crippen molar-refractivity contribution in [1.82, 2.24) is 4.90 Å². The second-order valence-corrected chi connectivity index (χ2v) is 5.75. The number of carbonyl (C=O) groups is 1. The van der Waals surface area contributed by atoms with Crippen LogP contribution in [0.1, 0.15) is 22.2 Å². The summed E-state index contributed by atoms with van der Waals surface area (Å²) >= 11 is 1.65. The van der Waals surface area contributed by atoms with Crippen molar-refractivity contribution in [2.45, 2.75) is 19.4 Å². The predicted octanol–water partition coefficient (Wildman–Crippen LogP) is 2.86. The summed E-state index contributed by atoms with van der Waals surface area (Å²) in [6, 6.07) is 8.41. The molecule has 0 aliphatic rings. The Labute approximate surface area is 121 Å². The van der Waals surface area contributed by atoms with E-state index < -0.39 is 0 Å². The minimum atomic E-state index is -0.368. The number of thiophene rings is 1. The molecule has 1 unspecified atom stereocenters. The molecule has 106 valence electrons. The Morgan fingerprint density at radius 3 is 2.70 bits per heavy atom. The fraction of sp³-hybridized carbons (Fsp3) is 0.267. The van der Waals surface area contributed by atoms with Crippen LogP contribution < -0.4 is 0 Å². The van der Waals surface area contributed by atoms with Crippen molar-refractivity contribution in [3.63, 3.8) is 0 Å². The summed E-state index contributed by atoms with van der Waals surface area (Å²) in [7, 11) is 1.70. The maximum atomic E-state index is 12.3. The number of hydrogen-bond donors (Lipinski definition) is 2. The fourth-order valence-corrected chi connectivity index (χ4v) is 2.78. The summed E-state index contributed by atoms with van der Waals surface area (Å²) < 4.78 is 0. The molecule has 0 saturated carbocycles. The lowest BCUT2D eigenvalue weighted by Gasteiger charge is -2.25. The molecule has 0 aliphatic carbocycles. The first-order valence-electron chi connectivity index (χ1n) is 6.31. The van der Waals surface area contributed by atoms with Crippen molar-refractivity contribution in [3.8, 4) is 11.5 Å². The molecular formula is C15H17NO3S. The van der Waals surface area contributed by atoms with E-state index in [9.17, 15) is 15.0 Å². The van der Waals surface area contributed by atoms with Gasteiger partial charge in [-0.2, -0.15) is 0 Å². The van der Waals surface area contributed by atoms with Crippen molar-refractivity contribution in [1.29, 1.82) is 0 Å². The predicted molar refractivity (Wildman–Crippen MR) is 79.4 cm³/mol. The van der Waals surface area contributed by atoms with Crippen LogP contribution in [0.3, 0.4) is 0 Å². The largest absolute Gasteiger partial charge is 0.504 e. The second kappa shape index (κ2) is 5.96. The molecule has 0 aliphatic heterocycles. The minimum Gasteiger partial charge on any atom is -0.504 e. The Balaban J connectivity index is 2.13. The average molecular weight is 291 g/mol. The summed E-state index contributed by atoms with van der Waals surface area (Å²) in [6.07, 6.45) is 0.763. The van der Waals surface area contributed by atoms with E-state index in [1.165, 1.54) is 17.0 Å². The maximum Gasteiger partial charge on any atom is 0.257 e. The molecule has 1 amide bonds. The van der Waals surface area contributed by atoms with Gasteiger partial charge in [0.2, 0.25) is 0 Å². The monoisotopic (exact) mass is 291 g/mol. The van der Waals surface area contributed by atoms with E-state index in [1.807, 2.05) is 24.4 Å². The second-order valence-electron chi connectivity index (χ2n) is 4.72. The number of amides is 1. The Hall–Kier alpha value is -2.01. The molecule has 20 heavy (non-hydrogen) atoms. The molecule has 5 heteroatoms.